The Morgan fingerprint density at radius 1 is 1.15 bits per heavy atom. The molecule has 0 saturated carbocycles. The van der Waals surface area contributed by atoms with Gasteiger partial charge in [0.2, 0.25) is 5.91 Å². The molecule has 2 aromatic heterocycles. The van der Waals surface area contributed by atoms with E-state index >= 15 is 0 Å². The minimum atomic E-state index is -0.0879. The number of thioether (sulfide) groups is 1. The fraction of sp³-hybridized carbons (Fsp3) is 0.105. The third kappa shape index (κ3) is 3.20. The van der Waals surface area contributed by atoms with E-state index < -0.39 is 0 Å². The fourth-order valence-electron chi connectivity index (χ4n) is 2.85. The number of aromatic nitrogens is 3. The van der Waals surface area contributed by atoms with Gasteiger partial charge in [-0.2, -0.15) is 0 Å². The first-order valence-corrected chi connectivity index (χ1v) is 9.82. The molecular weight excluding hydrogens is 412 g/mol. The van der Waals surface area contributed by atoms with Crippen LogP contribution in [0.4, 0.5) is 5.69 Å². The number of hydrogen-bond acceptors (Lipinski definition) is 4. The van der Waals surface area contributed by atoms with Gasteiger partial charge < -0.3 is 5.32 Å². The van der Waals surface area contributed by atoms with Crippen LogP contribution in [0.2, 0.25) is 0 Å². The zero-order valence-corrected chi connectivity index (χ0v) is 16.3. The number of aryl methyl sites for hydroxylation is 1. The standard InChI is InChI=1S/C19H15BrN4OS/c1-12-10-17-22-23-19(24(17)16-9-5-2-6-13(12)16)26-11-18(25)21-15-8-4-3-7-14(15)20/h2-10H,11H2,1H3,(H,21,25). The SMILES string of the molecule is Cc1cc2nnc(SCC(=O)Nc3ccccc3Br)n2c2ccccc12. The van der Waals surface area contributed by atoms with E-state index in [1.165, 1.54) is 11.8 Å². The number of nitrogens with zero attached hydrogens (tertiary/aromatic N) is 3. The number of pyridine rings is 1. The fourth-order valence-corrected chi connectivity index (χ4v) is 3.98. The summed E-state index contributed by atoms with van der Waals surface area (Å²) in [4.78, 5) is 12.3. The summed E-state index contributed by atoms with van der Waals surface area (Å²) in [5.74, 6) is 0.166. The van der Waals surface area contributed by atoms with Crippen LogP contribution in [0.25, 0.3) is 16.6 Å². The Morgan fingerprint density at radius 2 is 1.92 bits per heavy atom. The Bertz CT molecular complexity index is 1130. The van der Waals surface area contributed by atoms with Crippen molar-refractivity contribution < 1.29 is 4.79 Å². The Balaban J connectivity index is 1.59. The van der Waals surface area contributed by atoms with Gasteiger partial charge in [-0.15, -0.1) is 10.2 Å². The van der Waals surface area contributed by atoms with Gasteiger partial charge in [0.05, 0.1) is 17.0 Å². The highest BCUT2D eigenvalue weighted by atomic mass is 79.9. The van der Waals surface area contributed by atoms with Gasteiger partial charge in [-0.25, -0.2) is 0 Å². The maximum absolute atomic E-state index is 12.3. The molecule has 0 atom stereocenters. The topological polar surface area (TPSA) is 59.3 Å². The zero-order chi connectivity index (χ0) is 18.1. The summed E-state index contributed by atoms with van der Waals surface area (Å²) in [5.41, 5.74) is 3.74. The highest BCUT2D eigenvalue weighted by molar-refractivity contribution is 9.10. The number of carbonyl (C=O) groups excluding carboxylic acids is 1. The Labute approximate surface area is 162 Å². The molecule has 5 nitrogen and oxygen atoms in total. The molecule has 0 aliphatic rings. The van der Waals surface area contributed by atoms with Crippen molar-refractivity contribution in [3.8, 4) is 0 Å². The molecule has 0 spiro atoms. The smallest absolute Gasteiger partial charge is 0.234 e. The number of nitrogens with one attached hydrogen (secondary N) is 1. The van der Waals surface area contributed by atoms with E-state index in [1.54, 1.807) is 0 Å². The van der Waals surface area contributed by atoms with E-state index in [2.05, 4.69) is 44.4 Å². The third-order valence-corrected chi connectivity index (χ3v) is 5.67. The van der Waals surface area contributed by atoms with E-state index in [9.17, 15) is 4.79 Å². The summed E-state index contributed by atoms with van der Waals surface area (Å²) in [6.07, 6.45) is 0. The molecule has 1 amide bonds. The van der Waals surface area contributed by atoms with Crippen LogP contribution < -0.4 is 5.32 Å². The minimum Gasteiger partial charge on any atom is -0.324 e. The molecule has 0 radical (unpaired) electrons. The Morgan fingerprint density at radius 3 is 2.77 bits per heavy atom. The lowest BCUT2D eigenvalue weighted by molar-refractivity contribution is -0.113. The molecule has 26 heavy (non-hydrogen) atoms. The van der Waals surface area contributed by atoms with Crippen molar-refractivity contribution in [2.24, 2.45) is 0 Å². The van der Waals surface area contributed by atoms with Crippen LogP contribution in [0.15, 0.2) is 64.2 Å². The molecule has 7 heteroatoms. The van der Waals surface area contributed by atoms with Gasteiger partial charge in [0.25, 0.3) is 0 Å². The molecule has 130 valence electrons. The van der Waals surface area contributed by atoms with Crippen molar-refractivity contribution in [3.63, 3.8) is 0 Å². The van der Waals surface area contributed by atoms with Crippen molar-refractivity contribution in [1.82, 2.24) is 14.6 Å². The summed E-state index contributed by atoms with van der Waals surface area (Å²) in [5, 5.41) is 13.3. The summed E-state index contributed by atoms with van der Waals surface area (Å²) < 4.78 is 2.85. The second kappa shape index (κ2) is 7.09. The third-order valence-electron chi connectivity index (χ3n) is 4.05. The number of halogens is 1. The minimum absolute atomic E-state index is 0.0879. The van der Waals surface area contributed by atoms with Crippen LogP contribution in [0.3, 0.4) is 0 Å². The molecule has 1 N–H and O–H groups in total. The molecular formula is C19H15BrN4OS. The number of fused-ring (bicyclic) bond motifs is 3. The van der Waals surface area contributed by atoms with Gasteiger partial charge in [0, 0.05) is 9.86 Å². The van der Waals surface area contributed by atoms with E-state index in [0.717, 1.165) is 32.3 Å². The lowest BCUT2D eigenvalue weighted by Gasteiger charge is -2.08. The number of benzene rings is 2. The van der Waals surface area contributed by atoms with Gasteiger partial charge in [0.15, 0.2) is 10.8 Å². The molecule has 0 aliphatic carbocycles. The zero-order valence-electron chi connectivity index (χ0n) is 13.9. The average molecular weight is 427 g/mol. The van der Waals surface area contributed by atoms with Crippen molar-refractivity contribution >= 4 is 55.8 Å². The monoisotopic (exact) mass is 426 g/mol. The predicted octanol–water partition coefficient (Wildman–Crippen LogP) is 4.68. The van der Waals surface area contributed by atoms with Crippen LogP contribution in [-0.4, -0.2) is 26.3 Å². The summed E-state index contributed by atoms with van der Waals surface area (Å²) >= 11 is 4.81. The lowest BCUT2D eigenvalue weighted by atomic mass is 10.1. The molecule has 0 aliphatic heterocycles. The van der Waals surface area contributed by atoms with Gasteiger partial charge in [0.1, 0.15) is 0 Å². The van der Waals surface area contributed by atoms with Crippen LogP contribution in [0.1, 0.15) is 5.56 Å². The van der Waals surface area contributed by atoms with Crippen molar-refractivity contribution in [2.45, 2.75) is 12.1 Å². The van der Waals surface area contributed by atoms with E-state index in [-0.39, 0.29) is 11.7 Å². The molecule has 0 fully saturated rings. The number of amides is 1. The lowest BCUT2D eigenvalue weighted by Crippen LogP contribution is -2.14. The molecule has 2 aromatic carbocycles. The summed E-state index contributed by atoms with van der Waals surface area (Å²) in [6.45, 7) is 2.06. The van der Waals surface area contributed by atoms with Gasteiger partial charge in [-0.3, -0.25) is 9.20 Å². The molecule has 2 heterocycles. The molecule has 4 rings (SSSR count). The first-order valence-electron chi connectivity index (χ1n) is 8.04. The predicted molar refractivity (Wildman–Crippen MR) is 109 cm³/mol. The van der Waals surface area contributed by atoms with Gasteiger partial charge in [-0.05, 0) is 52.7 Å². The summed E-state index contributed by atoms with van der Waals surface area (Å²) in [6, 6.07) is 17.7. The van der Waals surface area contributed by atoms with Gasteiger partial charge in [-0.1, -0.05) is 42.1 Å². The van der Waals surface area contributed by atoms with Crippen LogP contribution in [-0.2, 0) is 4.79 Å². The number of para-hydroxylation sites is 2. The number of rotatable bonds is 4. The van der Waals surface area contributed by atoms with Crippen LogP contribution in [0, 0.1) is 6.92 Å². The van der Waals surface area contributed by atoms with Crippen LogP contribution >= 0.6 is 27.7 Å². The molecule has 4 aromatic rings. The van der Waals surface area contributed by atoms with Gasteiger partial charge >= 0.3 is 0 Å². The molecule has 0 saturated heterocycles. The normalized spacial score (nSPS) is 11.2. The number of hydrogen-bond donors (Lipinski definition) is 1. The average Bonchev–Trinajstić information content (AvgIpc) is 3.05. The van der Waals surface area contributed by atoms with Crippen molar-refractivity contribution in [3.05, 3.63) is 64.6 Å². The maximum Gasteiger partial charge on any atom is 0.234 e. The first kappa shape index (κ1) is 17.1. The number of anilines is 1. The van der Waals surface area contributed by atoms with Crippen molar-refractivity contribution in [1.29, 1.82) is 0 Å². The van der Waals surface area contributed by atoms with E-state index in [4.69, 9.17) is 0 Å². The molecule has 0 bridgehead atoms. The number of carbonyl (C=O) groups is 1. The Hall–Kier alpha value is -2.38. The van der Waals surface area contributed by atoms with Crippen LogP contribution in [0.5, 0.6) is 0 Å². The maximum atomic E-state index is 12.3. The first-order chi connectivity index (χ1) is 12.6. The highest BCUT2D eigenvalue weighted by Gasteiger charge is 2.13. The Kier molecular flexibility index (Phi) is 4.65. The second-order valence-corrected chi connectivity index (χ2v) is 7.63. The molecule has 0 unspecified atom stereocenters. The summed E-state index contributed by atoms with van der Waals surface area (Å²) in [7, 11) is 0. The second-order valence-electron chi connectivity index (χ2n) is 5.84. The van der Waals surface area contributed by atoms with E-state index in [0.29, 0.717) is 5.16 Å². The quantitative estimate of drug-likeness (QED) is 0.481. The van der Waals surface area contributed by atoms with E-state index in [1.807, 2.05) is 52.9 Å². The largest absolute Gasteiger partial charge is 0.324 e. The van der Waals surface area contributed by atoms with Crippen molar-refractivity contribution in [2.75, 3.05) is 11.1 Å². The highest BCUT2D eigenvalue weighted by Crippen LogP contribution is 2.26.